The lowest BCUT2D eigenvalue weighted by Crippen LogP contribution is -2.61. The highest BCUT2D eigenvalue weighted by molar-refractivity contribution is 7.99. The minimum atomic E-state index is -4.98. The molecule has 3 aromatic rings. The molecular weight excluding hydrogens is 591 g/mol. The number of piperazine rings is 1. The van der Waals surface area contributed by atoms with Crippen molar-refractivity contribution < 1.29 is 35.2 Å². The van der Waals surface area contributed by atoms with Crippen LogP contribution in [0.1, 0.15) is 5.56 Å². The summed E-state index contributed by atoms with van der Waals surface area (Å²) >= 11 is 1.01. The molecule has 2 fully saturated rings. The number of sulfone groups is 1. The molecule has 1 unspecified atom stereocenters. The molecule has 0 saturated carbocycles. The molecule has 6 rings (SSSR count). The largest absolute Gasteiger partial charge is 0.417 e. The van der Waals surface area contributed by atoms with Crippen molar-refractivity contribution in [1.82, 2.24) is 14.5 Å². The van der Waals surface area contributed by atoms with E-state index in [0.717, 1.165) is 36.0 Å². The molecule has 15 heteroatoms. The van der Waals surface area contributed by atoms with Crippen LogP contribution in [-0.4, -0.2) is 71.2 Å². The number of carbonyl (C=O) groups excluding carboxylic acids is 1. The van der Waals surface area contributed by atoms with Crippen LogP contribution >= 0.6 is 11.8 Å². The van der Waals surface area contributed by atoms with Crippen molar-refractivity contribution in [3.8, 4) is 11.1 Å². The van der Waals surface area contributed by atoms with Gasteiger partial charge in [-0.2, -0.15) is 18.2 Å². The molecular formula is C26H21F5N4O4S2. The van der Waals surface area contributed by atoms with Gasteiger partial charge in [0.25, 0.3) is 0 Å². The van der Waals surface area contributed by atoms with E-state index in [4.69, 9.17) is 0 Å². The minimum absolute atomic E-state index is 0.0000108. The molecule has 0 N–H and O–H groups in total. The highest BCUT2D eigenvalue weighted by atomic mass is 32.2. The lowest BCUT2D eigenvalue weighted by molar-refractivity contribution is -0.137. The molecule has 1 amide bonds. The number of anilines is 1. The summed E-state index contributed by atoms with van der Waals surface area (Å²) in [6.45, 7) is 3.61. The lowest BCUT2D eigenvalue weighted by atomic mass is 9.95. The van der Waals surface area contributed by atoms with Gasteiger partial charge in [0.2, 0.25) is 5.91 Å². The third-order valence-corrected chi connectivity index (χ3v) is 10.4. The van der Waals surface area contributed by atoms with Crippen molar-refractivity contribution in [2.75, 3.05) is 35.2 Å². The number of hydrogen-bond donors (Lipinski definition) is 0. The van der Waals surface area contributed by atoms with E-state index in [1.54, 1.807) is 0 Å². The van der Waals surface area contributed by atoms with Gasteiger partial charge < -0.3 is 9.80 Å². The van der Waals surface area contributed by atoms with Crippen LogP contribution in [0.15, 0.2) is 46.6 Å². The third kappa shape index (κ3) is 4.49. The fourth-order valence-corrected chi connectivity index (χ4v) is 9.17. The van der Waals surface area contributed by atoms with Crippen LogP contribution in [0.5, 0.6) is 0 Å². The van der Waals surface area contributed by atoms with Gasteiger partial charge in [0.05, 0.1) is 34.7 Å². The molecule has 8 nitrogen and oxygen atoms in total. The zero-order valence-corrected chi connectivity index (χ0v) is 22.8. The summed E-state index contributed by atoms with van der Waals surface area (Å²) < 4.78 is 99.0. The van der Waals surface area contributed by atoms with E-state index < -0.39 is 73.8 Å². The molecule has 0 spiro atoms. The first-order valence-electron chi connectivity index (χ1n) is 12.5. The topological polar surface area (TPSA) is 92.6 Å². The number of carbonyl (C=O) groups is 1. The molecule has 0 radical (unpaired) electrons. The predicted molar refractivity (Wildman–Crippen MR) is 143 cm³/mol. The Hall–Kier alpha value is -3.46. The van der Waals surface area contributed by atoms with Gasteiger partial charge in [0.15, 0.2) is 9.84 Å². The molecule has 3 aliphatic rings. The second-order valence-electron chi connectivity index (χ2n) is 10.0. The molecule has 0 bridgehead atoms. The van der Waals surface area contributed by atoms with Crippen LogP contribution in [-0.2, 0) is 27.4 Å². The van der Waals surface area contributed by atoms with E-state index in [2.05, 4.69) is 11.6 Å². The van der Waals surface area contributed by atoms with Crippen molar-refractivity contribution in [2.45, 2.75) is 29.7 Å². The first-order valence-corrected chi connectivity index (χ1v) is 15.3. The number of rotatable bonds is 3. The van der Waals surface area contributed by atoms with E-state index >= 15 is 0 Å². The van der Waals surface area contributed by atoms with Crippen molar-refractivity contribution in [3.63, 3.8) is 0 Å². The zero-order valence-electron chi connectivity index (χ0n) is 21.1. The monoisotopic (exact) mass is 612 g/mol. The summed E-state index contributed by atoms with van der Waals surface area (Å²) in [6, 6.07) is 1.39. The normalized spacial score (nSPS) is 21.7. The number of thioether (sulfide) groups is 1. The van der Waals surface area contributed by atoms with Crippen LogP contribution in [0.2, 0.25) is 0 Å². The Labute approximate surface area is 234 Å². The zero-order chi connectivity index (χ0) is 29.4. The standard InChI is InChI=1S/C26H21F5N4O4S2/c1-2-20(36)33-5-6-34(19-12-41(38,39)11-18(19)33)24-15-10-16(26(29,30)31)21(14-4-3-13(27)9-17(14)28)23-22(15)35(7-8-40-23)25(37)32-24/h2-4,9-10,18-19H,1,5-8,11-12H2/t18-,19?/m0/s1. The summed E-state index contributed by atoms with van der Waals surface area (Å²) in [4.78, 5) is 32.7. The summed E-state index contributed by atoms with van der Waals surface area (Å²) in [5.41, 5.74) is -2.85. The maximum Gasteiger partial charge on any atom is 0.417 e. The van der Waals surface area contributed by atoms with Crippen LogP contribution in [0, 0.1) is 11.6 Å². The van der Waals surface area contributed by atoms with Gasteiger partial charge in [-0.15, -0.1) is 11.8 Å². The highest BCUT2D eigenvalue weighted by Crippen LogP contribution is 2.49. The van der Waals surface area contributed by atoms with Crippen molar-refractivity contribution in [1.29, 1.82) is 0 Å². The Morgan fingerprint density at radius 1 is 1.10 bits per heavy atom. The number of fused-ring (bicyclic) bond motifs is 1. The number of amides is 1. The Bertz CT molecular complexity index is 1810. The quantitative estimate of drug-likeness (QED) is 0.331. The van der Waals surface area contributed by atoms with Gasteiger partial charge in [-0.05, 0) is 24.3 Å². The Balaban J connectivity index is 1.64. The Morgan fingerprint density at radius 2 is 1.83 bits per heavy atom. The van der Waals surface area contributed by atoms with E-state index in [1.807, 2.05) is 0 Å². The van der Waals surface area contributed by atoms with Gasteiger partial charge in [-0.1, -0.05) is 6.58 Å². The number of aromatic nitrogens is 2. The second kappa shape index (κ2) is 9.54. The molecule has 2 aromatic carbocycles. The summed E-state index contributed by atoms with van der Waals surface area (Å²) in [5, 5.41) is -0.0584. The van der Waals surface area contributed by atoms with E-state index in [0.29, 0.717) is 6.07 Å². The highest BCUT2D eigenvalue weighted by Gasteiger charge is 2.49. The Kier molecular flexibility index (Phi) is 6.45. The van der Waals surface area contributed by atoms with Crippen LogP contribution < -0.4 is 10.6 Å². The van der Waals surface area contributed by atoms with Crippen LogP contribution in [0.3, 0.4) is 0 Å². The van der Waals surface area contributed by atoms with Crippen molar-refractivity contribution in [2.24, 2.45) is 0 Å². The summed E-state index contributed by atoms with van der Waals surface area (Å²) in [6.07, 6.45) is -3.92. The van der Waals surface area contributed by atoms with Crippen LogP contribution in [0.4, 0.5) is 27.8 Å². The first kappa shape index (κ1) is 27.7. The molecule has 2 saturated heterocycles. The molecule has 1 aromatic heterocycles. The molecule has 2 atom stereocenters. The number of aryl methyl sites for hydroxylation is 1. The first-order chi connectivity index (χ1) is 19.3. The summed E-state index contributed by atoms with van der Waals surface area (Å²) in [7, 11) is -3.64. The number of halogens is 5. The van der Waals surface area contributed by atoms with Gasteiger partial charge in [0, 0.05) is 52.9 Å². The van der Waals surface area contributed by atoms with Crippen LogP contribution in [0.25, 0.3) is 22.0 Å². The van der Waals surface area contributed by atoms with E-state index in [-0.39, 0.29) is 52.8 Å². The minimum Gasteiger partial charge on any atom is -0.348 e. The lowest BCUT2D eigenvalue weighted by Gasteiger charge is -2.44. The molecule has 4 heterocycles. The van der Waals surface area contributed by atoms with Gasteiger partial charge in [0.1, 0.15) is 17.5 Å². The summed E-state index contributed by atoms with van der Waals surface area (Å²) in [5.74, 6) is -3.32. The van der Waals surface area contributed by atoms with E-state index in [9.17, 15) is 40.0 Å². The Morgan fingerprint density at radius 3 is 2.51 bits per heavy atom. The number of alkyl halides is 3. The van der Waals surface area contributed by atoms with Gasteiger partial charge in [-0.3, -0.25) is 9.36 Å². The number of hydrogen-bond acceptors (Lipinski definition) is 7. The maximum absolute atomic E-state index is 14.9. The predicted octanol–water partition coefficient (Wildman–Crippen LogP) is 3.47. The van der Waals surface area contributed by atoms with Gasteiger partial charge >= 0.3 is 11.9 Å². The average Bonchev–Trinajstić information content (AvgIpc) is 3.24. The van der Waals surface area contributed by atoms with Gasteiger partial charge in [-0.25, -0.2) is 22.0 Å². The second-order valence-corrected chi connectivity index (χ2v) is 13.3. The maximum atomic E-state index is 14.9. The van der Waals surface area contributed by atoms with E-state index in [1.165, 1.54) is 14.4 Å². The fourth-order valence-electron chi connectivity index (χ4n) is 5.99. The molecule has 41 heavy (non-hydrogen) atoms. The number of nitrogens with zero attached hydrogens (tertiary/aromatic N) is 4. The smallest absolute Gasteiger partial charge is 0.348 e. The average molecular weight is 613 g/mol. The third-order valence-electron chi connectivity index (χ3n) is 7.67. The fraction of sp³-hybridized carbons (Fsp3) is 0.346. The molecule has 3 aliphatic heterocycles. The number of benzene rings is 2. The molecule has 0 aliphatic carbocycles. The van der Waals surface area contributed by atoms with Crippen molar-refractivity contribution >= 4 is 44.2 Å². The SMILES string of the molecule is C=CC(=O)N1CCN(c2nc(=O)n3c4c(c(-c5ccc(F)cc5F)c(C(F)(F)F)cc24)SCC3)C2CS(=O)(=O)C[C@@H]21. The molecule has 216 valence electrons. The van der Waals surface area contributed by atoms with Crippen molar-refractivity contribution in [3.05, 3.63) is 64.6 Å².